The van der Waals surface area contributed by atoms with E-state index in [9.17, 15) is 14.3 Å². The molecule has 5 heteroatoms. The highest BCUT2D eigenvalue weighted by molar-refractivity contribution is 5.66. The van der Waals surface area contributed by atoms with Crippen LogP contribution < -0.4 is 0 Å². The summed E-state index contributed by atoms with van der Waals surface area (Å²) in [7, 11) is 0. The minimum Gasteiger partial charge on any atom is -0.465 e. The Morgan fingerprint density at radius 2 is 2.00 bits per heavy atom. The number of nitrogens with zero attached hydrogens (tertiary/aromatic N) is 1. The van der Waals surface area contributed by atoms with Gasteiger partial charge in [-0.25, -0.2) is 9.18 Å². The molecule has 0 saturated carbocycles. The summed E-state index contributed by atoms with van der Waals surface area (Å²) in [6, 6.07) is 5.34. The van der Waals surface area contributed by atoms with E-state index < -0.39 is 18.2 Å². The van der Waals surface area contributed by atoms with Gasteiger partial charge in [-0.2, -0.15) is 0 Å². The molecule has 1 amide bonds. The largest absolute Gasteiger partial charge is 0.465 e. The van der Waals surface area contributed by atoms with Crippen LogP contribution in [0.25, 0.3) is 0 Å². The number of aliphatic hydroxyl groups excluding tert-OH is 1. The summed E-state index contributed by atoms with van der Waals surface area (Å²) in [5.74, 6) is -0.355. The fourth-order valence-electron chi connectivity index (χ4n) is 2.18. The predicted molar refractivity (Wildman–Crippen MR) is 59.1 cm³/mol. The minimum atomic E-state index is -1.01. The molecule has 1 aromatic rings. The van der Waals surface area contributed by atoms with Gasteiger partial charge in [0.05, 0.1) is 12.1 Å². The molecule has 1 aromatic carbocycles. The molecule has 2 unspecified atom stereocenters. The monoisotopic (exact) mass is 239 g/mol. The van der Waals surface area contributed by atoms with Crippen molar-refractivity contribution < 1.29 is 19.4 Å². The van der Waals surface area contributed by atoms with E-state index in [1.165, 1.54) is 17.0 Å². The lowest BCUT2D eigenvalue weighted by molar-refractivity contribution is 0.0424. The molecule has 1 saturated heterocycles. The van der Waals surface area contributed by atoms with E-state index in [0.29, 0.717) is 24.9 Å². The Labute approximate surface area is 98.3 Å². The van der Waals surface area contributed by atoms with E-state index in [4.69, 9.17) is 5.11 Å². The SMILES string of the molecule is O=C(O)N1CCC(O)CC1c1ccc(F)cc1. The molecule has 1 aliphatic rings. The lowest BCUT2D eigenvalue weighted by Crippen LogP contribution is -2.41. The molecule has 1 aliphatic heterocycles. The molecular formula is C12H14FNO3. The number of aliphatic hydroxyl groups is 1. The van der Waals surface area contributed by atoms with E-state index >= 15 is 0 Å². The van der Waals surface area contributed by atoms with Gasteiger partial charge < -0.3 is 15.1 Å². The van der Waals surface area contributed by atoms with Crippen molar-refractivity contribution in [3.05, 3.63) is 35.6 Å². The third kappa shape index (κ3) is 2.55. The van der Waals surface area contributed by atoms with Crippen LogP contribution in [0.4, 0.5) is 9.18 Å². The molecule has 1 fully saturated rings. The van der Waals surface area contributed by atoms with E-state index in [2.05, 4.69) is 0 Å². The van der Waals surface area contributed by atoms with Crippen LogP contribution in [0.3, 0.4) is 0 Å². The van der Waals surface area contributed by atoms with Gasteiger partial charge in [0.25, 0.3) is 0 Å². The molecule has 2 N–H and O–H groups in total. The smallest absolute Gasteiger partial charge is 0.407 e. The summed E-state index contributed by atoms with van der Waals surface area (Å²) in [6.07, 6.45) is -0.700. The Kier molecular flexibility index (Phi) is 3.28. The zero-order valence-corrected chi connectivity index (χ0v) is 9.21. The van der Waals surface area contributed by atoms with Gasteiger partial charge in [-0.15, -0.1) is 0 Å². The van der Waals surface area contributed by atoms with Gasteiger partial charge in [0, 0.05) is 6.54 Å². The second kappa shape index (κ2) is 4.71. The summed E-state index contributed by atoms with van der Waals surface area (Å²) in [5.41, 5.74) is 0.715. The van der Waals surface area contributed by atoms with Gasteiger partial charge in [-0.1, -0.05) is 12.1 Å². The molecule has 1 heterocycles. The number of halogens is 1. The number of hydrogen-bond donors (Lipinski definition) is 2. The Balaban J connectivity index is 2.25. The van der Waals surface area contributed by atoms with Crippen molar-refractivity contribution >= 4 is 6.09 Å². The number of piperidine rings is 1. The number of hydrogen-bond acceptors (Lipinski definition) is 2. The number of amides is 1. The highest BCUT2D eigenvalue weighted by Crippen LogP contribution is 2.31. The second-order valence-electron chi connectivity index (χ2n) is 4.22. The number of carbonyl (C=O) groups is 1. The van der Waals surface area contributed by atoms with Crippen molar-refractivity contribution in [1.82, 2.24) is 4.90 Å². The summed E-state index contributed by atoms with van der Waals surface area (Å²) in [5, 5.41) is 18.7. The van der Waals surface area contributed by atoms with Crippen LogP contribution in [0.5, 0.6) is 0 Å². The average molecular weight is 239 g/mol. The number of benzene rings is 1. The van der Waals surface area contributed by atoms with Gasteiger partial charge in [-0.3, -0.25) is 0 Å². The topological polar surface area (TPSA) is 60.8 Å². The van der Waals surface area contributed by atoms with E-state index in [0.717, 1.165) is 0 Å². The minimum absolute atomic E-state index is 0.304. The number of likely N-dealkylation sites (tertiary alicyclic amines) is 1. The maximum absolute atomic E-state index is 12.8. The average Bonchev–Trinajstić information content (AvgIpc) is 2.29. The summed E-state index contributed by atoms with van der Waals surface area (Å²) in [6.45, 7) is 0.304. The molecule has 2 rings (SSSR count). The van der Waals surface area contributed by atoms with Gasteiger partial charge in [0.1, 0.15) is 5.82 Å². The van der Waals surface area contributed by atoms with Crippen molar-refractivity contribution in [2.75, 3.05) is 6.54 Å². The van der Waals surface area contributed by atoms with Crippen LogP contribution in [0.1, 0.15) is 24.4 Å². The first-order valence-electron chi connectivity index (χ1n) is 5.51. The quantitative estimate of drug-likeness (QED) is 0.788. The summed E-state index contributed by atoms with van der Waals surface area (Å²) < 4.78 is 12.8. The predicted octanol–water partition coefficient (Wildman–Crippen LogP) is 2.00. The Morgan fingerprint density at radius 3 is 2.59 bits per heavy atom. The van der Waals surface area contributed by atoms with Crippen LogP contribution in [0.15, 0.2) is 24.3 Å². The van der Waals surface area contributed by atoms with Crippen LogP contribution in [-0.2, 0) is 0 Å². The first-order valence-corrected chi connectivity index (χ1v) is 5.51. The number of carboxylic acid groups (broad SMARTS) is 1. The van der Waals surface area contributed by atoms with Gasteiger partial charge >= 0.3 is 6.09 Å². The fraction of sp³-hybridized carbons (Fsp3) is 0.417. The summed E-state index contributed by atoms with van der Waals surface area (Å²) in [4.78, 5) is 12.4. The molecule has 4 nitrogen and oxygen atoms in total. The van der Waals surface area contributed by atoms with Gasteiger partial charge in [0.2, 0.25) is 0 Å². The van der Waals surface area contributed by atoms with E-state index in [-0.39, 0.29) is 5.82 Å². The standard InChI is InChI=1S/C12H14FNO3/c13-9-3-1-8(2-4-9)11-7-10(15)5-6-14(11)12(16)17/h1-4,10-11,15H,5-7H2,(H,16,17). The third-order valence-electron chi connectivity index (χ3n) is 3.08. The van der Waals surface area contributed by atoms with Crippen molar-refractivity contribution in [3.63, 3.8) is 0 Å². The van der Waals surface area contributed by atoms with Crippen LogP contribution in [0, 0.1) is 5.82 Å². The number of rotatable bonds is 1. The molecule has 0 bridgehead atoms. The second-order valence-corrected chi connectivity index (χ2v) is 4.22. The summed E-state index contributed by atoms with van der Waals surface area (Å²) >= 11 is 0. The molecule has 0 radical (unpaired) electrons. The molecule has 0 aromatic heterocycles. The van der Waals surface area contributed by atoms with Crippen molar-refractivity contribution in [1.29, 1.82) is 0 Å². The molecule has 92 valence electrons. The molecule has 17 heavy (non-hydrogen) atoms. The van der Waals surface area contributed by atoms with Crippen molar-refractivity contribution in [2.45, 2.75) is 25.0 Å². The first kappa shape index (κ1) is 11.9. The third-order valence-corrected chi connectivity index (χ3v) is 3.08. The lowest BCUT2D eigenvalue weighted by Gasteiger charge is -2.36. The highest BCUT2D eigenvalue weighted by atomic mass is 19.1. The van der Waals surface area contributed by atoms with Gasteiger partial charge in [-0.05, 0) is 30.5 Å². The molecule has 0 spiro atoms. The molecular weight excluding hydrogens is 225 g/mol. The van der Waals surface area contributed by atoms with Crippen LogP contribution in [0.2, 0.25) is 0 Å². The van der Waals surface area contributed by atoms with Gasteiger partial charge in [0.15, 0.2) is 0 Å². The lowest BCUT2D eigenvalue weighted by atomic mass is 9.94. The van der Waals surface area contributed by atoms with Crippen molar-refractivity contribution in [3.8, 4) is 0 Å². The van der Waals surface area contributed by atoms with Crippen LogP contribution >= 0.6 is 0 Å². The fourth-order valence-corrected chi connectivity index (χ4v) is 2.18. The van der Waals surface area contributed by atoms with Crippen molar-refractivity contribution in [2.24, 2.45) is 0 Å². The zero-order valence-electron chi connectivity index (χ0n) is 9.21. The maximum Gasteiger partial charge on any atom is 0.407 e. The normalized spacial score (nSPS) is 24.7. The first-order chi connectivity index (χ1) is 8.08. The Bertz CT molecular complexity index is 407. The molecule has 2 atom stereocenters. The maximum atomic E-state index is 12.8. The van der Waals surface area contributed by atoms with E-state index in [1.54, 1.807) is 12.1 Å². The molecule has 0 aliphatic carbocycles. The van der Waals surface area contributed by atoms with E-state index in [1.807, 2.05) is 0 Å². The Hall–Kier alpha value is -1.62. The zero-order chi connectivity index (χ0) is 12.4. The highest BCUT2D eigenvalue weighted by Gasteiger charge is 2.31. The Morgan fingerprint density at radius 1 is 1.35 bits per heavy atom. The van der Waals surface area contributed by atoms with Crippen LogP contribution in [-0.4, -0.2) is 33.9 Å².